The minimum atomic E-state index is -0.253. The molecule has 1 N–H and O–H groups in total. The lowest BCUT2D eigenvalue weighted by molar-refractivity contribution is -0.134. The fourth-order valence-corrected chi connectivity index (χ4v) is 4.08. The highest BCUT2D eigenvalue weighted by Gasteiger charge is 2.27. The van der Waals surface area contributed by atoms with E-state index in [-0.39, 0.29) is 23.5 Å². The summed E-state index contributed by atoms with van der Waals surface area (Å²) in [6.45, 7) is 3.90. The molecule has 1 saturated heterocycles. The van der Waals surface area contributed by atoms with Crippen molar-refractivity contribution in [2.45, 2.75) is 37.6 Å². The van der Waals surface area contributed by atoms with Crippen LogP contribution in [0.5, 0.6) is 0 Å². The van der Waals surface area contributed by atoms with Crippen LogP contribution >= 0.6 is 11.8 Å². The van der Waals surface area contributed by atoms with Gasteiger partial charge in [0.2, 0.25) is 11.8 Å². The number of aryl methyl sites for hydroxylation is 1. The highest BCUT2D eigenvalue weighted by molar-refractivity contribution is 7.99. The number of hydrogen-bond donors (Lipinski definition) is 1. The van der Waals surface area contributed by atoms with Gasteiger partial charge >= 0.3 is 0 Å². The summed E-state index contributed by atoms with van der Waals surface area (Å²) in [5.74, 6) is 0.240. The molecule has 28 heavy (non-hydrogen) atoms. The molecule has 1 aromatic heterocycles. The van der Waals surface area contributed by atoms with E-state index in [9.17, 15) is 14.0 Å². The number of anilines is 1. The summed E-state index contributed by atoms with van der Waals surface area (Å²) in [7, 11) is 0. The van der Waals surface area contributed by atoms with Gasteiger partial charge in [0.15, 0.2) is 0 Å². The number of nitrogens with one attached hydrogen (secondary N) is 1. The van der Waals surface area contributed by atoms with Crippen LogP contribution in [-0.2, 0) is 16.1 Å². The maximum absolute atomic E-state index is 13.6. The molecule has 1 aromatic carbocycles. The summed E-state index contributed by atoms with van der Waals surface area (Å²) < 4.78 is 15.4. The average molecular weight is 405 g/mol. The predicted molar refractivity (Wildman–Crippen MR) is 108 cm³/mol. The van der Waals surface area contributed by atoms with Crippen molar-refractivity contribution in [2.24, 2.45) is 5.92 Å². The van der Waals surface area contributed by atoms with Crippen molar-refractivity contribution in [3.8, 4) is 0 Å². The van der Waals surface area contributed by atoms with Crippen LogP contribution in [0.4, 0.5) is 10.1 Å². The molecule has 0 bridgehead atoms. The maximum atomic E-state index is 13.6. The van der Waals surface area contributed by atoms with Crippen LogP contribution in [0, 0.1) is 11.7 Å². The molecule has 6 nitrogen and oxygen atoms in total. The molecule has 1 aliphatic heterocycles. The highest BCUT2D eigenvalue weighted by Crippen LogP contribution is 2.23. The van der Waals surface area contributed by atoms with Crippen molar-refractivity contribution in [3.05, 3.63) is 42.5 Å². The van der Waals surface area contributed by atoms with Crippen LogP contribution in [0.25, 0.3) is 0 Å². The predicted octanol–water partition coefficient (Wildman–Crippen LogP) is 3.40. The van der Waals surface area contributed by atoms with Gasteiger partial charge in [-0.15, -0.1) is 11.8 Å². The Morgan fingerprint density at radius 3 is 2.71 bits per heavy atom. The molecule has 0 unspecified atom stereocenters. The number of amides is 2. The molecule has 2 heterocycles. The van der Waals surface area contributed by atoms with Gasteiger partial charge in [0, 0.05) is 48.8 Å². The van der Waals surface area contributed by atoms with Gasteiger partial charge < -0.3 is 10.2 Å². The number of rotatable bonds is 7. The summed E-state index contributed by atoms with van der Waals surface area (Å²) >= 11 is 1.36. The van der Waals surface area contributed by atoms with E-state index in [0.29, 0.717) is 48.7 Å². The van der Waals surface area contributed by atoms with Crippen molar-refractivity contribution in [1.82, 2.24) is 14.7 Å². The Balaban J connectivity index is 1.39. The van der Waals surface area contributed by atoms with Crippen molar-refractivity contribution >= 4 is 29.3 Å². The smallest absolute Gasteiger partial charge is 0.227 e. The van der Waals surface area contributed by atoms with E-state index in [0.717, 1.165) is 6.54 Å². The van der Waals surface area contributed by atoms with Gasteiger partial charge in [0.25, 0.3) is 0 Å². The molecule has 0 atom stereocenters. The molecule has 1 fully saturated rings. The van der Waals surface area contributed by atoms with Crippen LogP contribution in [0.2, 0.25) is 0 Å². The summed E-state index contributed by atoms with van der Waals surface area (Å²) in [4.78, 5) is 27.2. The Kier molecular flexibility index (Phi) is 7.08. The molecule has 0 spiro atoms. The molecular formula is C20H25FN4O2S. The summed E-state index contributed by atoms with van der Waals surface area (Å²) in [5, 5.41) is 7.05. The number of piperidine rings is 1. The molecular weight excluding hydrogens is 379 g/mol. The lowest BCUT2D eigenvalue weighted by Crippen LogP contribution is -2.41. The lowest BCUT2D eigenvalue weighted by atomic mass is 9.95. The van der Waals surface area contributed by atoms with E-state index in [4.69, 9.17) is 0 Å². The van der Waals surface area contributed by atoms with Crippen molar-refractivity contribution in [3.63, 3.8) is 0 Å². The van der Waals surface area contributed by atoms with Crippen LogP contribution in [0.1, 0.15) is 26.2 Å². The van der Waals surface area contributed by atoms with Gasteiger partial charge in [-0.2, -0.15) is 5.10 Å². The number of carbonyl (C=O) groups is 2. The molecule has 3 rings (SSSR count). The molecule has 2 amide bonds. The van der Waals surface area contributed by atoms with E-state index < -0.39 is 0 Å². The van der Waals surface area contributed by atoms with Crippen molar-refractivity contribution in [1.29, 1.82) is 0 Å². The lowest BCUT2D eigenvalue weighted by Gasteiger charge is -2.31. The molecule has 0 radical (unpaired) electrons. The molecule has 1 aliphatic rings. The van der Waals surface area contributed by atoms with E-state index >= 15 is 0 Å². The normalized spacial score (nSPS) is 14.9. The number of carbonyl (C=O) groups excluding carboxylic acids is 2. The number of hydrogen-bond acceptors (Lipinski definition) is 4. The zero-order valence-corrected chi connectivity index (χ0v) is 16.8. The second-order valence-corrected chi connectivity index (χ2v) is 7.89. The third kappa shape index (κ3) is 5.34. The Hall–Kier alpha value is -2.35. The first-order valence-corrected chi connectivity index (χ1v) is 10.5. The van der Waals surface area contributed by atoms with Crippen LogP contribution < -0.4 is 5.32 Å². The topological polar surface area (TPSA) is 67.2 Å². The fraction of sp³-hybridized carbons (Fsp3) is 0.450. The first kappa shape index (κ1) is 20.4. The van der Waals surface area contributed by atoms with Crippen molar-refractivity contribution in [2.75, 3.05) is 24.2 Å². The maximum Gasteiger partial charge on any atom is 0.227 e. The standard InChI is InChI=1S/C20H25FN4O2S/c1-2-25-14-16(13-22-25)23-20(27)15-7-10-24(11-8-15)19(26)9-12-28-18-6-4-3-5-17(18)21/h3-6,13-15H,2,7-12H2,1H3,(H,23,27). The SMILES string of the molecule is CCn1cc(NC(=O)C2CCN(C(=O)CCSc3ccccc3F)CC2)cn1. The van der Waals surface area contributed by atoms with Gasteiger partial charge in [0.1, 0.15) is 5.82 Å². The Morgan fingerprint density at radius 1 is 1.29 bits per heavy atom. The van der Waals surface area contributed by atoms with Gasteiger partial charge in [-0.05, 0) is 31.9 Å². The van der Waals surface area contributed by atoms with E-state index in [2.05, 4.69) is 10.4 Å². The second kappa shape index (κ2) is 9.73. The number of aromatic nitrogens is 2. The number of nitrogens with zero attached hydrogens (tertiary/aromatic N) is 3. The zero-order valence-electron chi connectivity index (χ0n) is 15.9. The number of halogens is 1. The monoisotopic (exact) mass is 404 g/mol. The zero-order chi connectivity index (χ0) is 19.9. The van der Waals surface area contributed by atoms with Crippen molar-refractivity contribution < 1.29 is 14.0 Å². The number of thioether (sulfide) groups is 1. The first-order chi connectivity index (χ1) is 13.6. The van der Waals surface area contributed by atoms with Crippen LogP contribution in [0.3, 0.4) is 0 Å². The average Bonchev–Trinajstić information content (AvgIpc) is 3.17. The third-order valence-corrected chi connectivity index (χ3v) is 5.90. The van der Waals surface area contributed by atoms with Crippen LogP contribution in [-0.4, -0.2) is 45.3 Å². The number of likely N-dealkylation sites (tertiary alicyclic amines) is 1. The fourth-order valence-electron chi connectivity index (χ4n) is 3.20. The molecule has 0 aliphatic carbocycles. The molecule has 0 saturated carbocycles. The number of benzene rings is 1. The first-order valence-electron chi connectivity index (χ1n) is 9.55. The second-order valence-electron chi connectivity index (χ2n) is 6.76. The molecule has 2 aromatic rings. The Bertz CT molecular complexity index is 818. The minimum absolute atomic E-state index is 0.0159. The van der Waals surface area contributed by atoms with E-state index in [1.807, 2.05) is 13.1 Å². The third-order valence-electron chi connectivity index (χ3n) is 4.85. The quantitative estimate of drug-likeness (QED) is 0.719. The largest absolute Gasteiger partial charge is 0.343 e. The molecule has 150 valence electrons. The summed E-state index contributed by atoms with van der Waals surface area (Å²) in [6.07, 6.45) is 5.13. The molecule has 8 heteroatoms. The van der Waals surface area contributed by atoms with Crippen LogP contribution in [0.15, 0.2) is 41.6 Å². The van der Waals surface area contributed by atoms with Gasteiger partial charge in [-0.3, -0.25) is 14.3 Å². The van der Waals surface area contributed by atoms with Gasteiger partial charge in [0.05, 0.1) is 11.9 Å². The van der Waals surface area contributed by atoms with E-state index in [1.54, 1.807) is 34.0 Å². The summed E-state index contributed by atoms with van der Waals surface area (Å²) in [6, 6.07) is 6.59. The van der Waals surface area contributed by atoms with E-state index in [1.165, 1.54) is 17.8 Å². The Morgan fingerprint density at radius 2 is 2.04 bits per heavy atom. The van der Waals surface area contributed by atoms with Gasteiger partial charge in [-0.1, -0.05) is 12.1 Å². The highest BCUT2D eigenvalue weighted by atomic mass is 32.2. The Labute approximate surface area is 168 Å². The summed E-state index contributed by atoms with van der Waals surface area (Å²) in [5.41, 5.74) is 0.704. The minimum Gasteiger partial charge on any atom is -0.343 e. The van der Waals surface area contributed by atoms with Gasteiger partial charge in [-0.25, -0.2) is 4.39 Å².